The Morgan fingerprint density at radius 1 is 1.17 bits per heavy atom. The van der Waals surface area contributed by atoms with Crippen molar-refractivity contribution in [1.29, 1.82) is 5.26 Å². The molecule has 3 heterocycles. The number of halogens is 6. The molecule has 0 unspecified atom stereocenters. The molecule has 0 aliphatic carbocycles. The Hall–Kier alpha value is -3.40. The average molecular weight is 530 g/mol. The van der Waals surface area contributed by atoms with Gasteiger partial charge in [0, 0.05) is 19.3 Å². The number of nitrogens with zero attached hydrogens (tertiary/aromatic N) is 5. The van der Waals surface area contributed by atoms with Gasteiger partial charge in [-0.15, -0.1) is 13.2 Å². The zero-order valence-corrected chi connectivity index (χ0v) is 18.9. The van der Waals surface area contributed by atoms with E-state index in [2.05, 4.69) is 9.72 Å². The van der Waals surface area contributed by atoms with E-state index in [4.69, 9.17) is 23.2 Å². The lowest BCUT2D eigenvalue weighted by atomic mass is 10.0. The molecule has 2 aromatic heterocycles. The number of nitriles is 1. The number of benzene rings is 1. The van der Waals surface area contributed by atoms with Crippen LogP contribution < -0.4 is 16.1 Å². The number of alkyl halides is 3. The Kier molecular flexibility index (Phi) is 6.59. The lowest BCUT2D eigenvalue weighted by Crippen LogP contribution is -2.56. The molecule has 0 saturated carbocycles. The molecular weight excluding hydrogens is 517 g/mol. The molecule has 0 N–H and O–H groups in total. The van der Waals surface area contributed by atoms with Crippen LogP contribution >= 0.6 is 23.2 Å². The topological polar surface area (TPSA) is 93.2 Å². The van der Waals surface area contributed by atoms with Gasteiger partial charge in [-0.2, -0.15) is 5.26 Å². The maximum Gasteiger partial charge on any atom is 0.522 e. The van der Waals surface area contributed by atoms with Crippen molar-refractivity contribution >= 4 is 29.0 Å². The summed E-state index contributed by atoms with van der Waals surface area (Å²) >= 11 is 11.9. The van der Waals surface area contributed by atoms with Gasteiger partial charge in [-0.1, -0.05) is 29.3 Å². The largest absolute Gasteiger partial charge is 0.522 e. The van der Waals surface area contributed by atoms with Gasteiger partial charge in [0.1, 0.15) is 24.3 Å². The standard InChI is InChI=1S/C21H13Cl2F4N5O3/c22-12-6-13(8-29-7-12)32-19(33)17(11-1-2-16(24)15(23)5-11)18(31(4-3-28)20(32)34)30-9-14(10-30)35-21(25,26)27/h1-2,5-8,14H,4,9-10H2. The lowest BCUT2D eigenvalue weighted by molar-refractivity contribution is -0.344. The van der Waals surface area contributed by atoms with E-state index < -0.39 is 36.1 Å². The van der Waals surface area contributed by atoms with Crippen LogP contribution in [0.2, 0.25) is 10.0 Å². The molecule has 3 aromatic rings. The smallest absolute Gasteiger partial charge is 0.352 e. The summed E-state index contributed by atoms with van der Waals surface area (Å²) < 4.78 is 57.4. The molecule has 0 bridgehead atoms. The van der Waals surface area contributed by atoms with Crippen LogP contribution in [0, 0.1) is 17.1 Å². The second kappa shape index (κ2) is 9.33. The molecule has 1 aliphatic rings. The Bertz CT molecular complexity index is 1460. The van der Waals surface area contributed by atoms with Gasteiger partial charge in [0.15, 0.2) is 0 Å². The number of anilines is 1. The van der Waals surface area contributed by atoms with Crippen molar-refractivity contribution < 1.29 is 22.3 Å². The Balaban J connectivity index is 1.99. The summed E-state index contributed by atoms with van der Waals surface area (Å²) in [5.74, 6) is -0.901. The minimum absolute atomic E-state index is 0.0120. The number of aromatic nitrogens is 3. The lowest BCUT2D eigenvalue weighted by Gasteiger charge is -2.42. The van der Waals surface area contributed by atoms with E-state index in [1.165, 1.54) is 29.4 Å². The van der Waals surface area contributed by atoms with Gasteiger partial charge in [0.2, 0.25) is 0 Å². The van der Waals surface area contributed by atoms with Crippen LogP contribution in [0.4, 0.5) is 23.4 Å². The maximum absolute atomic E-state index is 13.8. The third-order valence-electron chi connectivity index (χ3n) is 5.15. The van der Waals surface area contributed by atoms with Crippen molar-refractivity contribution in [3.8, 4) is 22.9 Å². The van der Waals surface area contributed by atoms with Gasteiger partial charge in [-0.05, 0) is 23.8 Å². The SMILES string of the molecule is N#CCn1c(N2CC(OC(F)(F)F)C2)c(-c2ccc(F)c(Cl)c2)c(=O)n(-c2cncc(Cl)c2)c1=O. The molecule has 1 aromatic carbocycles. The summed E-state index contributed by atoms with van der Waals surface area (Å²) in [7, 11) is 0. The molecular formula is C21H13Cl2F4N5O3. The first-order valence-corrected chi connectivity index (χ1v) is 10.6. The van der Waals surface area contributed by atoms with Crippen molar-refractivity contribution in [2.45, 2.75) is 19.0 Å². The van der Waals surface area contributed by atoms with Crippen LogP contribution in [0.1, 0.15) is 0 Å². The van der Waals surface area contributed by atoms with E-state index in [9.17, 15) is 32.4 Å². The van der Waals surface area contributed by atoms with Crippen molar-refractivity contribution in [3.05, 3.63) is 73.4 Å². The van der Waals surface area contributed by atoms with Crippen molar-refractivity contribution in [2.75, 3.05) is 18.0 Å². The van der Waals surface area contributed by atoms with Crippen molar-refractivity contribution in [1.82, 2.24) is 14.1 Å². The van der Waals surface area contributed by atoms with Gasteiger partial charge in [-0.3, -0.25) is 19.1 Å². The fourth-order valence-corrected chi connectivity index (χ4v) is 4.06. The number of rotatable bonds is 5. The quantitative estimate of drug-likeness (QED) is 0.467. The zero-order chi connectivity index (χ0) is 25.5. The molecule has 4 rings (SSSR count). The monoisotopic (exact) mass is 529 g/mol. The van der Waals surface area contributed by atoms with Gasteiger partial charge in [0.05, 0.1) is 33.6 Å². The normalized spacial score (nSPS) is 14.0. The second-order valence-electron chi connectivity index (χ2n) is 7.45. The van der Waals surface area contributed by atoms with Crippen LogP contribution in [0.3, 0.4) is 0 Å². The highest BCUT2D eigenvalue weighted by atomic mass is 35.5. The van der Waals surface area contributed by atoms with Crippen LogP contribution in [0.15, 0.2) is 46.2 Å². The molecule has 0 radical (unpaired) electrons. The van der Waals surface area contributed by atoms with Gasteiger partial charge in [-0.25, -0.2) is 13.8 Å². The summed E-state index contributed by atoms with van der Waals surface area (Å²) in [6.45, 7) is -1.20. The Morgan fingerprint density at radius 2 is 1.89 bits per heavy atom. The van der Waals surface area contributed by atoms with E-state index >= 15 is 0 Å². The van der Waals surface area contributed by atoms with Crippen molar-refractivity contribution in [3.63, 3.8) is 0 Å². The number of hydrogen-bond acceptors (Lipinski definition) is 6. The van der Waals surface area contributed by atoms with Crippen LogP contribution in [-0.4, -0.2) is 39.7 Å². The predicted molar refractivity (Wildman–Crippen MR) is 118 cm³/mol. The summed E-state index contributed by atoms with van der Waals surface area (Å²) in [4.78, 5) is 32.2. The van der Waals surface area contributed by atoms with E-state index in [1.807, 2.05) is 6.07 Å². The molecule has 14 heteroatoms. The summed E-state index contributed by atoms with van der Waals surface area (Å²) in [6, 6.07) is 6.47. The molecule has 1 fully saturated rings. The fraction of sp³-hybridized carbons (Fsp3) is 0.238. The molecule has 1 aliphatic heterocycles. The first-order valence-electron chi connectivity index (χ1n) is 9.83. The molecule has 0 amide bonds. The van der Waals surface area contributed by atoms with E-state index in [0.717, 1.165) is 21.3 Å². The third-order valence-corrected chi connectivity index (χ3v) is 5.65. The van der Waals surface area contributed by atoms with Crippen molar-refractivity contribution in [2.24, 2.45) is 0 Å². The molecule has 1 saturated heterocycles. The van der Waals surface area contributed by atoms with Gasteiger partial charge >= 0.3 is 12.1 Å². The third kappa shape index (κ3) is 4.88. The first-order chi connectivity index (χ1) is 16.5. The number of ether oxygens (including phenoxy) is 1. The Labute approximate surface area is 204 Å². The minimum Gasteiger partial charge on any atom is -0.352 e. The van der Waals surface area contributed by atoms with Crippen LogP contribution in [-0.2, 0) is 11.3 Å². The molecule has 182 valence electrons. The molecule has 8 nitrogen and oxygen atoms in total. The predicted octanol–water partition coefficient (Wildman–Crippen LogP) is 3.76. The molecule has 0 spiro atoms. The summed E-state index contributed by atoms with van der Waals surface area (Å²) in [5, 5.41) is 9.16. The van der Waals surface area contributed by atoms with Crippen LogP contribution in [0.25, 0.3) is 16.8 Å². The highest BCUT2D eigenvalue weighted by molar-refractivity contribution is 6.31. The molecule has 0 atom stereocenters. The van der Waals surface area contributed by atoms with Gasteiger partial charge in [0.25, 0.3) is 5.56 Å². The number of hydrogen-bond donors (Lipinski definition) is 0. The maximum atomic E-state index is 13.8. The van der Waals surface area contributed by atoms with E-state index in [1.54, 1.807) is 0 Å². The van der Waals surface area contributed by atoms with Crippen LogP contribution in [0.5, 0.6) is 0 Å². The van der Waals surface area contributed by atoms with E-state index in [-0.39, 0.29) is 45.8 Å². The highest BCUT2D eigenvalue weighted by Gasteiger charge is 2.41. The number of pyridine rings is 1. The highest BCUT2D eigenvalue weighted by Crippen LogP contribution is 2.34. The second-order valence-corrected chi connectivity index (χ2v) is 8.29. The average Bonchev–Trinajstić information content (AvgIpc) is 2.74. The van der Waals surface area contributed by atoms with Gasteiger partial charge < -0.3 is 4.90 Å². The zero-order valence-electron chi connectivity index (χ0n) is 17.4. The first kappa shape index (κ1) is 24.7. The summed E-state index contributed by atoms with van der Waals surface area (Å²) in [6.07, 6.45) is -3.66. The molecule has 35 heavy (non-hydrogen) atoms. The fourth-order valence-electron chi connectivity index (χ4n) is 3.71. The Morgan fingerprint density at radius 3 is 2.49 bits per heavy atom. The minimum atomic E-state index is -4.88. The summed E-state index contributed by atoms with van der Waals surface area (Å²) in [5.41, 5.74) is -1.97. The van der Waals surface area contributed by atoms with E-state index in [0.29, 0.717) is 0 Å².